The number of nitrogens with zero attached hydrogens (tertiary/aromatic N) is 2. The van der Waals surface area contributed by atoms with E-state index in [0.717, 1.165) is 23.4 Å². The lowest BCUT2D eigenvalue weighted by Gasteiger charge is -2.22. The molecule has 0 radical (unpaired) electrons. The molecule has 2 atom stereocenters. The summed E-state index contributed by atoms with van der Waals surface area (Å²) in [6.07, 6.45) is 0.819. The zero-order valence-electron chi connectivity index (χ0n) is 17.4. The summed E-state index contributed by atoms with van der Waals surface area (Å²) >= 11 is 0. The Balaban J connectivity index is 0.00000364. The Bertz CT molecular complexity index is 740. The standard InChI is InChI=1S/C22H33N3O.ClH/c1-15(2)21(23)12-13-24(6)22(26)20-14-16(3)25(18(20)5)17(4)19-10-8-7-9-11-19;/h7-11,14-15,17,21H,12-13,23H2,1-6H3;1H. The Morgan fingerprint density at radius 2 is 1.74 bits per heavy atom. The Morgan fingerprint density at radius 1 is 1.15 bits per heavy atom. The molecule has 0 bridgehead atoms. The quantitative estimate of drug-likeness (QED) is 0.750. The maximum Gasteiger partial charge on any atom is 0.255 e. The summed E-state index contributed by atoms with van der Waals surface area (Å²) in [4.78, 5) is 14.7. The fraction of sp³-hybridized carbons (Fsp3) is 0.500. The smallest absolute Gasteiger partial charge is 0.255 e. The van der Waals surface area contributed by atoms with Crippen LogP contribution in [0.15, 0.2) is 36.4 Å². The Labute approximate surface area is 170 Å². The topological polar surface area (TPSA) is 51.3 Å². The fourth-order valence-corrected chi connectivity index (χ4v) is 3.45. The maximum atomic E-state index is 12.9. The van der Waals surface area contributed by atoms with Crippen LogP contribution in [0, 0.1) is 19.8 Å². The van der Waals surface area contributed by atoms with Crippen LogP contribution in [-0.2, 0) is 0 Å². The van der Waals surface area contributed by atoms with E-state index in [1.165, 1.54) is 5.56 Å². The monoisotopic (exact) mass is 391 g/mol. The third-order valence-corrected chi connectivity index (χ3v) is 5.38. The van der Waals surface area contributed by atoms with E-state index in [9.17, 15) is 4.79 Å². The average Bonchev–Trinajstić information content (AvgIpc) is 2.92. The molecule has 5 heteroatoms. The van der Waals surface area contributed by atoms with E-state index < -0.39 is 0 Å². The van der Waals surface area contributed by atoms with E-state index in [-0.39, 0.29) is 30.4 Å². The van der Waals surface area contributed by atoms with Gasteiger partial charge in [-0.1, -0.05) is 44.2 Å². The maximum absolute atomic E-state index is 12.9. The number of hydrogen-bond donors (Lipinski definition) is 1. The van der Waals surface area contributed by atoms with E-state index in [1.54, 1.807) is 4.90 Å². The Kier molecular flexibility index (Phi) is 8.58. The van der Waals surface area contributed by atoms with Crippen LogP contribution in [-0.4, -0.2) is 35.0 Å². The molecule has 1 aromatic heterocycles. The van der Waals surface area contributed by atoms with Crippen LogP contribution >= 0.6 is 12.4 Å². The van der Waals surface area contributed by atoms with Crippen molar-refractivity contribution < 1.29 is 4.79 Å². The van der Waals surface area contributed by atoms with Gasteiger partial charge in [-0.3, -0.25) is 4.79 Å². The minimum atomic E-state index is 0. The van der Waals surface area contributed by atoms with Gasteiger partial charge in [0.05, 0.1) is 11.6 Å². The second-order valence-corrected chi connectivity index (χ2v) is 7.66. The van der Waals surface area contributed by atoms with Crippen molar-refractivity contribution in [2.75, 3.05) is 13.6 Å². The third-order valence-electron chi connectivity index (χ3n) is 5.38. The molecule has 2 aromatic rings. The first-order valence-electron chi connectivity index (χ1n) is 9.48. The van der Waals surface area contributed by atoms with Gasteiger partial charge in [-0.2, -0.15) is 0 Å². The predicted molar refractivity (Wildman–Crippen MR) is 116 cm³/mol. The molecular weight excluding hydrogens is 358 g/mol. The van der Waals surface area contributed by atoms with Gasteiger partial charge in [-0.15, -0.1) is 12.4 Å². The molecule has 1 aromatic carbocycles. The van der Waals surface area contributed by atoms with Crippen LogP contribution < -0.4 is 5.73 Å². The lowest BCUT2D eigenvalue weighted by atomic mass is 10.0. The molecular formula is C22H34ClN3O. The van der Waals surface area contributed by atoms with E-state index in [2.05, 4.69) is 56.5 Å². The number of amides is 1. The van der Waals surface area contributed by atoms with Crippen LogP contribution in [0.25, 0.3) is 0 Å². The predicted octanol–water partition coefficient (Wildman–Crippen LogP) is 4.58. The van der Waals surface area contributed by atoms with Gasteiger partial charge < -0.3 is 15.2 Å². The molecule has 0 aliphatic carbocycles. The molecule has 2 unspecified atom stereocenters. The minimum absolute atomic E-state index is 0. The molecule has 0 aliphatic rings. The molecule has 2 N–H and O–H groups in total. The molecule has 0 saturated carbocycles. The highest BCUT2D eigenvalue weighted by Gasteiger charge is 2.22. The highest BCUT2D eigenvalue weighted by Crippen LogP contribution is 2.26. The van der Waals surface area contributed by atoms with Crippen molar-refractivity contribution in [1.82, 2.24) is 9.47 Å². The van der Waals surface area contributed by atoms with Crippen molar-refractivity contribution >= 4 is 18.3 Å². The number of carbonyl (C=O) groups is 1. The molecule has 0 fully saturated rings. The Morgan fingerprint density at radius 3 is 2.30 bits per heavy atom. The molecule has 1 heterocycles. The van der Waals surface area contributed by atoms with Gasteiger partial charge in [0.1, 0.15) is 0 Å². The zero-order valence-corrected chi connectivity index (χ0v) is 18.2. The summed E-state index contributed by atoms with van der Waals surface area (Å²) in [6.45, 7) is 11.2. The first-order valence-corrected chi connectivity index (χ1v) is 9.48. The molecule has 1 amide bonds. The number of benzene rings is 1. The number of hydrogen-bond acceptors (Lipinski definition) is 2. The van der Waals surface area contributed by atoms with Crippen molar-refractivity contribution in [1.29, 1.82) is 0 Å². The first kappa shape index (κ1) is 23.3. The van der Waals surface area contributed by atoms with Gasteiger partial charge in [-0.25, -0.2) is 0 Å². The van der Waals surface area contributed by atoms with Crippen LogP contribution in [0.5, 0.6) is 0 Å². The number of aromatic nitrogens is 1. The van der Waals surface area contributed by atoms with E-state index in [1.807, 2.05) is 26.1 Å². The van der Waals surface area contributed by atoms with Crippen molar-refractivity contribution in [3.8, 4) is 0 Å². The highest BCUT2D eigenvalue weighted by atomic mass is 35.5. The lowest BCUT2D eigenvalue weighted by molar-refractivity contribution is 0.0788. The summed E-state index contributed by atoms with van der Waals surface area (Å²) in [7, 11) is 1.86. The summed E-state index contributed by atoms with van der Waals surface area (Å²) < 4.78 is 2.25. The van der Waals surface area contributed by atoms with Crippen LogP contribution in [0.2, 0.25) is 0 Å². The fourth-order valence-electron chi connectivity index (χ4n) is 3.45. The summed E-state index contributed by atoms with van der Waals surface area (Å²) in [5.74, 6) is 0.496. The molecule has 0 spiro atoms. The molecule has 4 nitrogen and oxygen atoms in total. The van der Waals surface area contributed by atoms with Crippen molar-refractivity contribution in [3.63, 3.8) is 0 Å². The number of carbonyl (C=O) groups excluding carboxylic acids is 1. The van der Waals surface area contributed by atoms with E-state index in [4.69, 9.17) is 5.73 Å². The molecule has 27 heavy (non-hydrogen) atoms. The largest absolute Gasteiger partial charge is 0.342 e. The molecule has 2 rings (SSSR count). The number of halogens is 1. The third kappa shape index (κ3) is 5.36. The minimum Gasteiger partial charge on any atom is -0.342 e. The van der Waals surface area contributed by atoms with E-state index in [0.29, 0.717) is 12.5 Å². The number of aryl methyl sites for hydroxylation is 1. The van der Waals surface area contributed by atoms with Crippen molar-refractivity contribution in [3.05, 3.63) is 58.9 Å². The summed E-state index contributed by atoms with van der Waals surface area (Å²) in [6, 6.07) is 12.7. The first-order chi connectivity index (χ1) is 12.2. The van der Waals surface area contributed by atoms with Gasteiger partial charge in [0.25, 0.3) is 5.91 Å². The van der Waals surface area contributed by atoms with Crippen LogP contribution in [0.4, 0.5) is 0 Å². The van der Waals surface area contributed by atoms with Gasteiger partial charge in [0.15, 0.2) is 0 Å². The van der Waals surface area contributed by atoms with Crippen LogP contribution in [0.3, 0.4) is 0 Å². The van der Waals surface area contributed by atoms with Crippen molar-refractivity contribution in [2.24, 2.45) is 11.7 Å². The van der Waals surface area contributed by atoms with Gasteiger partial charge in [-0.05, 0) is 44.7 Å². The van der Waals surface area contributed by atoms with E-state index >= 15 is 0 Å². The highest BCUT2D eigenvalue weighted by molar-refractivity contribution is 5.95. The van der Waals surface area contributed by atoms with Gasteiger partial charge in [0, 0.05) is 31.0 Å². The molecule has 0 aliphatic heterocycles. The summed E-state index contributed by atoms with van der Waals surface area (Å²) in [5.41, 5.74) is 10.3. The SMILES string of the molecule is Cc1cc(C(=O)N(C)CCC(N)C(C)C)c(C)n1C(C)c1ccccc1.Cl. The molecule has 0 saturated heterocycles. The second kappa shape index (κ2) is 9.95. The second-order valence-electron chi connectivity index (χ2n) is 7.66. The zero-order chi connectivity index (χ0) is 19.4. The normalized spacial score (nSPS) is 13.2. The van der Waals surface area contributed by atoms with Crippen molar-refractivity contribution in [2.45, 2.75) is 53.1 Å². The van der Waals surface area contributed by atoms with Gasteiger partial charge >= 0.3 is 0 Å². The molecule has 150 valence electrons. The average molecular weight is 392 g/mol. The van der Waals surface area contributed by atoms with Gasteiger partial charge in [0.2, 0.25) is 0 Å². The number of rotatable bonds is 7. The summed E-state index contributed by atoms with van der Waals surface area (Å²) in [5, 5.41) is 0. The number of nitrogens with two attached hydrogens (primary N) is 1. The van der Waals surface area contributed by atoms with Crippen LogP contribution in [0.1, 0.15) is 60.5 Å². The Hall–Kier alpha value is -1.78. The lowest BCUT2D eigenvalue weighted by Crippen LogP contribution is -2.34.